The number of nitrogens with zero attached hydrogens (tertiary/aromatic N) is 1. The quantitative estimate of drug-likeness (QED) is 0.695. The van der Waals surface area contributed by atoms with Crippen molar-refractivity contribution in [2.24, 2.45) is 0 Å². The molecule has 0 bridgehead atoms. The van der Waals surface area contributed by atoms with Gasteiger partial charge >= 0.3 is 6.18 Å². The summed E-state index contributed by atoms with van der Waals surface area (Å²) in [6, 6.07) is 9.85. The van der Waals surface area contributed by atoms with E-state index in [2.05, 4.69) is 0 Å². The van der Waals surface area contributed by atoms with Gasteiger partial charge in [-0.3, -0.25) is 4.79 Å². The molecule has 0 spiro atoms. The van der Waals surface area contributed by atoms with Crippen LogP contribution in [0.5, 0.6) is 11.5 Å². The second-order valence-corrected chi connectivity index (χ2v) is 5.55. The number of furan rings is 1. The van der Waals surface area contributed by atoms with E-state index in [0.717, 1.165) is 4.90 Å². The maximum absolute atomic E-state index is 12.6. The molecule has 2 rings (SSSR count). The molecule has 0 aliphatic heterocycles. The number of carbonyl (C=O) groups excluding carboxylic acids is 1. The number of alkyl halides is 3. The topological polar surface area (TPSA) is 51.9 Å². The standard InChI is InChI=1S/C18H20F3NO4/c1-3-10-22(12-18(19,20)21)17(23)16-9-8-13(26-16)11-25-15-7-5-4-6-14(15)24-2/h4-9H,3,10-12H2,1-2H3. The van der Waals surface area contributed by atoms with Gasteiger partial charge in [-0.15, -0.1) is 0 Å². The van der Waals surface area contributed by atoms with Gasteiger partial charge in [0.25, 0.3) is 5.91 Å². The molecule has 1 amide bonds. The molecule has 142 valence electrons. The first-order chi connectivity index (χ1) is 12.3. The van der Waals surface area contributed by atoms with E-state index in [1.54, 1.807) is 31.2 Å². The smallest absolute Gasteiger partial charge is 0.406 e. The van der Waals surface area contributed by atoms with Crippen LogP contribution in [0.25, 0.3) is 0 Å². The van der Waals surface area contributed by atoms with E-state index in [4.69, 9.17) is 13.9 Å². The van der Waals surface area contributed by atoms with Gasteiger partial charge in [0.1, 0.15) is 18.9 Å². The Morgan fingerprint density at radius 1 is 1.15 bits per heavy atom. The second kappa shape index (κ2) is 8.64. The number of para-hydroxylation sites is 2. The molecular weight excluding hydrogens is 351 g/mol. The molecule has 0 unspecified atom stereocenters. The molecule has 8 heteroatoms. The number of carbonyl (C=O) groups is 1. The number of hydrogen-bond donors (Lipinski definition) is 0. The van der Waals surface area contributed by atoms with Gasteiger partial charge in [0.05, 0.1) is 7.11 Å². The van der Waals surface area contributed by atoms with Crippen LogP contribution in [-0.2, 0) is 6.61 Å². The fraction of sp³-hybridized carbons (Fsp3) is 0.389. The summed E-state index contributed by atoms with van der Waals surface area (Å²) in [5, 5.41) is 0. The fourth-order valence-corrected chi connectivity index (χ4v) is 2.35. The lowest BCUT2D eigenvalue weighted by Crippen LogP contribution is -2.39. The van der Waals surface area contributed by atoms with Crippen LogP contribution >= 0.6 is 0 Å². The summed E-state index contributed by atoms with van der Waals surface area (Å²) in [5.41, 5.74) is 0. The summed E-state index contributed by atoms with van der Waals surface area (Å²) in [5.74, 6) is 0.398. The van der Waals surface area contributed by atoms with Crippen LogP contribution in [0.1, 0.15) is 29.7 Å². The minimum Gasteiger partial charge on any atom is -0.493 e. The minimum atomic E-state index is -4.47. The molecule has 0 saturated heterocycles. The molecule has 2 aromatic rings. The predicted molar refractivity (Wildman–Crippen MR) is 88.3 cm³/mol. The lowest BCUT2D eigenvalue weighted by atomic mass is 10.3. The largest absolute Gasteiger partial charge is 0.493 e. The van der Waals surface area contributed by atoms with Crippen LogP contribution in [0.2, 0.25) is 0 Å². The lowest BCUT2D eigenvalue weighted by molar-refractivity contribution is -0.140. The first-order valence-electron chi connectivity index (χ1n) is 8.04. The fourth-order valence-electron chi connectivity index (χ4n) is 2.35. The van der Waals surface area contributed by atoms with Crippen LogP contribution < -0.4 is 9.47 Å². The van der Waals surface area contributed by atoms with Crippen molar-refractivity contribution in [1.82, 2.24) is 4.90 Å². The van der Waals surface area contributed by atoms with E-state index < -0.39 is 18.6 Å². The number of rotatable bonds is 8. The van der Waals surface area contributed by atoms with Crippen LogP contribution in [-0.4, -0.2) is 37.2 Å². The van der Waals surface area contributed by atoms with Gasteiger partial charge in [0.2, 0.25) is 0 Å². The normalized spacial score (nSPS) is 11.3. The summed E-state index contributed by atoms with van der Waals surface area (Å²) >= 11 is 0. The second-order valence-electron chi connectivity index (χ2n) is 5.55. The highest BCUT2D eigenvalue weighted by molar-refractivity contribution is 5.91. The van der Waals surface area contributed by atoms with E-state index >= 15 is 0 Å². The van der Waals surface area contributed by atoms with Gasteiger partial charge < -0.3 is 18.8 Å². The number of halogens is 3. The molecule has 1 heterocycles. The van der Waals surface area contributed by atoms with E-state index in [0.29, 0.717) is 23.7 Å². The van der Waals surface area contributed by atoms with E-state index in [1.807, 2.05) is 0 Å². The SMILES string of the molecule is CCCN(CC(F)(F)F)C(=O)c1ccc(COc2ccccc2OC)o1. The summed E-state index contributed by atoms with van der Waals surface area (Å²) in [6.45, 7) is 0.394. The highest BCUT2D eigenvalue weighted by atomic mass is 19.4. The third-order valence-electron chi connectivity index (χ3n) is 3.46. The molecule has 5 nitrogen and oxygen atoms in total. The zero-order valence-corrected chi connectivity index (χ0v) is 14.5. The number of amides is 1. The molecule has 1 aromatic heterocycles. The molecule has 0 fully saturated rings. The number of hydrogen-bond acceptors (Lipinski definition) is 4. The number of methoxy groups -OCH3 is 1. The van der Waals surface area contributed by atoms with Gasteiger partial charge in [0.15, 0.2) is 17.3 Å². The average molecular weight is 371 g/mol. The Kier molecular flexibility index (Phi) is 6.54. The zero-order valence-electron chi connectivity index (χ0n) is 14.5. The molecule has 0 aliphatic rings. The van der Waals surface area contributed by atoms with Crippen LogP contribution in [0.4, 0.5) is 13.2 Å². The van der Waals surface area contributed by atoms with Crippen molar-refractivity contribution in [2.75, 3.05) is 20.2 Å². The molecule has 0 aliphatic carbocycles. The van der Waals surface area contributed by atoms with Crippen molar-refractivity contribution in [1.29, 1.82) is 0 Å². The highest BCUT2D eigenvalue weighted by Crippen LogP contribution is 2.27. The van der Waals surface area contributed by atoms with Gasteiger partial charge in [0, 0.05) is 6.54 Å². The van der Waals surface area contributed by atoms with Crippen molar-refractivity contribution in [3.05, 3.63) is 47.9 Å². The Bertz CT molecular complexity index is 727. The van der Waals surface area contributed by atoms with Crippen molar-refractivity contribution in [3.63, 3.8) is 0 Å². The van der Waals surface area contributed by atoms with Crippen LogP contribution in [0, 0.1) is 0 Å². The van der Waals surface area contributed by atoms with Crippen LogP contribution in [0.15, 0.2) is 40.8 Å². The Morgan fingerprint density at radius 3 is 2.46 bits per heavy atom. The first kappa shape index (κ1) is 19.7. The Balaban J connectivity index is 2.04. The summed E-state index contributed by atoms with van der Waals surface area (Å²) in [6.07, 6.45) is -4.06. The summed E-state index contributed by atoms with van der Waals surface area (Å²) in [4.78, 5) is 13.0. The summed E-state index contributed by atoms with van der Waals surface area (Å²) in [7, 11) is 1.51. The van der Waals surface area contributed by atoms with Gasteiger partial charge in [-0.25, -0.2) is 0 Å². The third-order valence-corrected chi connectivity index (χ3v) is 3.46. The van der Waals surface area contributed by atoms with Crippen molar-refractivity contribution in [3.8, 4) is 11.5 Å². The monoisotopic (exact) mass is 371 g/mol. The third kappa shape index (κ3) is 5.44. The molecule has 0 N–H and O–H groups in total. The molecule has 26 heavy (non-hydrogen) atoms. The molecule has 0 radical (unpaired) electrons. The number of benzene rings is 1. The van der Waals surface area contributed by atoms with Crippen molar-refractivity contribution >= 4 is 5.91 Å². The van der Waals surface area contributed by atoms with Crippen LogP contribution in [0.3, 0.4) is 0 Å². The van der Waals surface area contributed by atoms with E-state index in [9.17, 15) is 18.0 Å². The zero-order chi connectivity index (χ0) is 19.2. The first-order valence-corrected chi connectivity index (χ1v) is 8.04. The molecule has 0 saturated carbocycles. The predicted octanol–water partition coefficient (Wildman–Crippen LogP) is 4.28. The Morgan fingerprint density at radius 2 is 1.85 bits per heavy atom. The molecule has 0 atom stereocenters. The molecule has 1 aromatic carbocycles. The number of ether oxygens (including phenoxy) is 2. The Labute approximate surface area is 149 Å². The summed E-state index contributed by atoms with van der Waals surface area (Å²) < 4.78 is 54.0. The maximum atomic E-state index is 12.6. The molecular formula is C18H20F3NO4. The van der Waals surface area contributed by atoms with E-state index in [1.165, 1.54) is 19.2 Å². The van der Waals surface area contributed by atoms with Crippen molar-refractivity contribution < 1.29 is 31.9 Å². The van der Waals surface area contributed by atoms with Gasteiger partial charge in [-0.1, -0.05) is 19.1 Å². The average Bonchev–Trinajstić information content (AvgIpc) is 3.07. The van der Waals surface area contributed by atoms with Crippen molar-refractivity contribution in [2.45, 2.75) is 26.1 Å². The van der Waals surface area contributed by atoms with Gasteiger partial charge in [-0.05, 0) is 30.7 Å². The minimum absolute atomic E-state index is 0.00785. The Hall–Kier alpha value is -2.64. The van der Waals surface area contributed by atoms with Gasteiger partial charge in [-0.2, -0.15) is 13.2 Å². The maximum Gasteiger partial charge on any atom is 0.406 e. The van der Waals surface area contributed by atoms with E-state index in [-0.39, 0.29) is 18.9 Å². The highest BCUT2D eigenvalue weighted by Gasteiger charge is 2.33. The lowest BCUT2D eigenvalue weighted by Gasteiger charge is -2.22.